The van der Waals surface area contributed by atoms with Crippen LogP contribution in [0.15, 0.2) is 42.7 Å². The van der Waals surface area contributed by atoms with Gasteiger partial charge in [-0.1, -0.05) is 31.4 Å². The summed E-state index contributed by atoms with van der Waals surface area (Å²) in [5.74, 6) is -0.0844. The van der Waals surface area contributed by atoms with Gasteiger partial charge in [-0.3, -0.25) is 4.79 Å². The fourth-order valence-electron chi connectivity index (χ4n) is 3.18. The quantitative estimate of drug-likeness (QED) is 0.891. The second-order valence-corrected chi connectivity index (χ2v) is 6.36. The number of amides is 1. The molecule has 1 fully saturated rings. The number of aromatic nitrogens is 2. The van der Waals surface area contributed by atoms with Gasteiger partial charge in [0.05, 0.1) is 17.7 Å². The number of carbonyl (C=O) groups is 1. The number of aliphatic hydroxyl groups is 1. The molecule has 1 aromatic heterocycles. The van der Waals surface area contributed by atoms with E-state index in [0.29, 0.717) is 6.54 Å². The molecule has 2 N–H and O–H groups in total. The second kappa shape index (κ2) is 6.96. The van der Waals surface area contributed by atoms with E-state index in [0.717, 1.165) is 43.4 Å². The fourth-order valence-corrected chi connectivity index (χ4v) is 3.18. The third kappa shape index (κ3) is 4.20. The third-order valence-electron chi connectivity index (χ3n) is 4.44. The molecule has 0 aliphatic heterocycles. The average molecular weight is 313 g/mol. The van der Waals surface area contributed by atoms with Crippen molar-refractivity contribution in [3.8, 4) is 5.69 Å². The smallest absolute Gasteiger partial charge is 0.223 e. The molecule has 1 aliphatic carbocycles. The van der Waals surface area contributed by atoms with Gasteiger partial charge in [-0.2, -0.15) is 5.10 Å². The Labute approximate surface area is 136 Å². The minimum atomic E-state index is -0.806. The molecule has 1 aromatic carbocycles. The Balaban J connectivity index is 1.56. The van der Waals surface area contributed by atoms with Crippen LogP contribution in [0.5, 0.6) is 0 Å². The first kappa shape index (κ1) is 15.7. The van der Waals surface area contributed by atoms with Crippen molar-refractivity contribution in [2.75, 3.05) is 0 Å². The van der Waals surface area contributed by atoms with Crippen LogP contribution in [0.2, 0.25) is 0 Å². The monoisotopic (exact) mass is 313 g/mol. The number of hydrogen-bond donors (Lipinski definition) is 2. The van der Waals surface area contributed by atoms with Crippen LogP contribution in [0.3, 0.4) is 0 Å². The van der Waals surface area contributed by atoms with E-state index in [4.69, 9.17) is 0 Å². The van der Waals surface area contributed by atoms with Crippen LogP contribution in [0.4, 0.5) is 0 Å². The van der Waals surface area contributed by atoms with Crippen molar-refractivity contribution in [1.82, 2.24) is 15.1 Å². The number of nitrogens with zero attached hydrogens (tertiary/aromatic N) is 2. The zero-order valence-electron chi connectivity index (χ0n) is 13.2. The van der Waals surface area contributed by atoms with Crippen LogP contribution in [0, 0.1) is 0 Å². The molecule has 2 aromatic rings. The molecule has 1 amide bonds. The highest BCUT2D eigenvalue weighted by Crippen LogP contribution is 2.30. The normalized spacial score (nSPS) is 16.9. The third-order valence-corrected chi connectivity index (χ3v) is 4.44. The van der Waals surface area contributed by atoms with Gasteiger partial charge in [-0.15, -0.1) is 0 Å². The van der Waals surface area contributed by atoms with Crippen LogP contribution in [-0.2, 0) is 11.3 Å². The van der Waals surface area contributed by atoms with Crippen LogP contribution in [-0.4, -0.2) is 26.4 Å². The maximum atomic E-state index is 12.1. The predicted molar refractivity (Wildman–Crippen MR) is 88.1 cm³/mol. The number of carbonyl (C=O) groups excluding carboxylic acids is 1. The highest BCUT2D eigenvalue weighted by Gasteiger charge is 2.31. The zero-order chi connectivity index (χ0) is 16.1. The SMILES string of the molecule is O=C(CC1(O)CCCCC1)NCc1cccc(-n2cccn2)c1. The van der Waals surface area contributed by atoms with E-state index < -0.39 is 5.60 Å². The molecule has 0 atom stereocenters. The maximum Gasteiger partial charge on any atom is 0.223 e. The molecule has 0 bridgehead atoms. The van der Waals surface area contributed by atoms with E-state index in [1.165, 1.54) is 0 Å². The van der Waals surface area contributed by atoms with Crippen LogP contribution >= 0.6 is 0 Å². The van der Waals surface area contributed by atoms with E-state index >= 15 is 0 Å². The Hall–Kier alpha value is -2.14. The summed E-state index contributed by atoms with van der Waals surface area (Å²) in [7, 11) is 0. The second-order valence-electron chi connectivity index (χ2n) is 6.36. The topological polar surface area (TPSA) is 67.2 Å². The molecule has 1 saturated carbocycles. The van der Waals surface area contributed by atoms with Gasteiger partial charge < -0.3 is 10.4 Å². The lowest BCUT2D eigenvalue weighted by molar-refractivity contribution is -0.127. The molecule has 23 heavy (non-hydrogen) atoms. The van der Waals surface area contributed by atoms with Gasteiger partial charge in [0.15, 0.2) is 0 Å². The summed E-state index contributed by atoms with van der Waals surface area (Å²) in [6.45, 7) is 0.462. The van der Waals surface area contributed by atoms with Crippen molar-refractivity contribution in [2.45, 2.75) is 50.7 Å². The van der Waals surface area contributed by atoms with Gasteiger partial charge in [0.25, 0.3) is 0 Å². The number of rotatable bonds is 5. The molecular formula is C18H23N3O2. The first-order chi connectivity index (χ1) is 11.1. The van der Waals surface area contributed by atoms with Crippen molar-refractivity contribution >= 4 is 5.91 Å². The highest BCUT2D eigenvalue weighted by atomic mass is 16.3. The van der Waals surface area contributed by atoms with Crippen molar-refractivity contribution in [3.63, 3.8) is 0 Å². The Morgan fingerprint density at radius 3 is 2.83 bits per heavy atom. The Morgan fingerprint density at radius 1 is 1.26 bits per heavy atom. The summed E-state index contributed by atoms with van der Waals surface area (Å²) in [6, 6.07) is 9.78. The summed E-state index contributed by atoms with van der Waals surface area (Å²) in [4.78, 5) is 12.1. The van der Waals surface area contributed by atoms with E-state index in [-0.39, 0.29) is 12.3 Å². The Kier molecular flexibility index (Phi) is 4.76. The van der Waals surface area contributed by atoms with Crippen LogP contribution in [0.25, 0.3) is 5.69 Å². The lowest BCUT2D eigenvalue weighted by Gasteiger charge is -2.31. The molecule has 5 nitrogen and oxygen atoms in total. The fraction of sp³-hybridized carbons (Fsp3) is 0.444. The number of benzene rings is 1. The molecule has 0 radical (unpaired) electrons. The van der Waals surface area contributed by atoms with Gasteiger partial charge in [0, 0.05) is 18.9 Å². The summed E-state index contributed by atoms with van der Waals surface area (Å²) in [5.41, 5.74) is 1.17. The standard InChI is InChI=1S/C18H23N3O2/c22-17(13-18(23)8-2-1-3-9-18)19-14-15-6-4-7-16(12-15)21-11-5-10-20-21/h4-7,10-12,23H,1-3,8-9,13-14H2,(H,19,22). The largest absolute Gasteiger partial charge is 0.389 e. The molecule has 3 rings (SSSR count). The predicted octanol–water partition coefficient (Wildman–Crippen LogP) is 2.57. The average Bonchev–Trinajstić information content (AvgIpc) is 3.08. The maximum absolute atomic E-state index is 12.1. The van der Waals surface area contributed by atoms with Gasteiger partial charge in [-0.25, -0.2) is 4.68 Å². The van der Waals surface area contributed by atoms with E-state index in [1.807, 2.05) is 36.5 Å². The zero-order valence-corrected chi connectivity index (χ0v) is 13.2. The van der Waals surface area contributed by atoms with E-state index in [2.05, 4.69) is 10.4 Å². The first-order valence-corrected chi connectivity index (χ1v) is 8.23. The molecule has 5 heteroatoms. The lowest BCUT2D eigenvalue weighted by atomic mass is 9.82. The minimum Gasteiger partial charge on any atom is -0.389 e. The Bertz CT molecular complexity index is 646. The summed E-state index contributed by atoms with van der Waals surface area (Å²) < 4.78 is 1.79. The molecule has 1 heterocycles. The van der Waals surface area contributed by atoms with E-state index in [1.54, 1.807) is 10.9 Å². The summed E-state index contributed by atoms with van der Waals surface area (Å²) >= 11 is 0. The van der Waals surface area contributed by atoms with Crippen LogP contribution < -0.4 is 5.32 Å². The lowest BCUT2D eigenvalue weighted by Crippen LogP contribution is -2.38. The van der Waals surface area contributed by atoms with Gasteiger partial charge in [0.1, 0.15) is 0 Å². The molecule has 122 valence electrons. The van der Waals surface area contributed by atoms with Crippen molar-refractivity contribution in [1.29, 1.82) is 0 Å². The van der Waals surface area contributed by atoms with Crippen molar-refractivity contribution < 1.29 is 9.90 Å². The van der Waals surface area contributed by atoms with Gasteiger partial charge >= 0.3 is 0 Å². The first-order valence-electron chi connectivity index (χ1n) is 8.23. The highest BCUT2D eigenvalue weighted by molar-refractivity contribution is 5.77. The summed E-state index contributed by atoms with van der Waals surface area (Å²) in [5, 5.41) is 17.6. The van der Waals surface area contributed by atoms with Gasteiger partial charge in [-0.05, 0) is 36.6 Å². The summed E-state index contributed by atoms with van der Waals surface area (Å²) in [6.07, 6.45) is 8.46. The minimum absolute atomic E-state index is 0.0844. The van der Waals surface area contributed by atoms with Crippen LogP contribution in [0.1, 0.15) is 44.1 Å². The van der Waals surface area contributed by atoms with Crippen molar-refractivity contribution in [3.05, 3.63) is 48.3 Å². The molecule has 0 saturated heterocycles. The molecular weight excluding hydrogens is 290 g/mol. The molecule has 0 spiro atoms. The van der Waals surface area contributed by atoms with E-state index in [9.17, 15) is 9.90 Å². The number of hydrogen-bond acceptors (Lipinski definition) is 3. The Morgan fingerprint density at radius 2 is 2.09 bits per heavy atom. The van der Waals surface area contributed by atoms with Crippen molar-refractivity contribution in [2.24, 2.45) is 0 Å². The molecule has 1 aliphatic rings. The van der Waals surface area contributed by atoms with Gasteiger partial charge in [0.2, 0.25) is 5.91 Å². The molecule has 0 unspecified atom stereocenters. The number of nitrogens with one attached hydrogen (secondary N) is 1.